The van der Waals surface area contributed by atoms with Crippen molar-refractivity contribution in [2.75, 3.05) is 7.11 Å². The van der Waals surface area contributed by atoms with Gasteiger partial charge in [-0.15, -0.1) is 0 Å². The summed E-state index contributed by atoms with van der Waals surface area (Å²) in [5.41, 5.74) is 0. The molecule has 1 rings (SSSR count). The lowest BCUT2D eigenvalue weighted by molar-refractivity contribution is -0.120. The first-order valence-corrected chi connectivity index (χ1v) is 5.02. The summed E-state index contributed by atoms with van der Waals surface area (Å²) in [4.78, 5) is 9.79. The fourth-order valence-electron chi connectivity index (χ4n) is 0.864. The van der Waals surface area contributed by atoms with Crippen LogP contribution in [0.25, 0.3) is 0 Å². The highest BCUT2D eigenvalue weighted by molar-refractivity contribution is 7.87. The molecule has 0 unspecified atom stereocenters. The first-order valence-electron chi connectivity index (χ1n) is 3.61. The van der Waals surface area contributed by atoms with Gasteiger partial charge in [0.2, 0.25) is 0 Å². The van der Waals surface area contributed by atoms with Crippen LogP contribution in [-0.4, -0.2) is 22.0 Å². The minimum Gasteiger partial charge on any atom is -0.497 e. The second-order valence-corrected chi connectivity index (χ2v) is 3.90. The van der Waals surface area contributed by atoms with Crippen molar-refractivity contribution < 1.29 is 22.1 Å². The Morgan fingerprint density at radius 2 is 2.07 bits per heavy atom. The highest BCUT2D eigenvalue weighted by Crippen LogP contribution is 2.18. The maximum atomic E-state index is 11.2. The van der Waals surface area contributed by atoms with Gasteiger partial charge in [-0.1, -0.05) is 6.07 Å². The number of benzene rings is 1. The van der Waals surface area contributed by atoms with Gasteiger partial charge in [0.15, 0.2) is 0 Å². The van der Waals surface area contributed by atoms with Crippen LogP contribution in [0.15, 0.2) is 29.2 Å². The molecule has 14 heavy (non-hydrogen) atoms. The molecule has 1 aromatic carbocycles. The molecule has 0 N–H and O–H groups in total. The predicted octanol–water partition coefficient (Wildman–Crippen LogP) is 0.557. The number of rotatable bonds is 4. The van der Waals surface area contributed by atoms with E-state index in [1.165, 1.54) is 25.3 Å². The average molecular weight is 216 g/mol. The third kappa shape index (κ3) is 2.23. The van der Waals surface area contributed by atoms with Crippen LogP contribution in [0.2, 0.25) is 0 Å². The topological polar surface area (TPSA) is 69.7 Å². The molecule has 76 valence electrons. The molecule has 0 spiro atoms. The zero-order valence-electron chi connectivity index (χ0n) is 7.34. The van der Waals surface area contributed by atoms with Gasteiger partial charge in [-0.3, -0.25) is 4.79 Å². The van der Waals surface area contributed by atoms with E-state index in [1.54, 1.807) is 6.07 Å². The molecule has 0 saturated heterocycles. The third-order valence-corrected chi connectivity index (χ3v) is 2.66. The molecule has 0 aliphatic heterocycles. The normalized spacial score (nSPS) is 10.6. The first kappa shape index (κ1) is 10.5. The Labute approximate surface area is 81.4 Å². The molecule has 1 aromatic rings. The molecular formula is C8H8O5S. The van der Waals surface area contributed by atoms with Gasteiger partial charge in [-0.2, -0.15) is 8.42 Å². The summed E-state index contributed by atoms with van der Waals surface area (Å²) in [6, 6.07) is 5.64. The van der Waals surface area contributed by atoms with Crippen molar-refractivity contribution in [2.45, 2.75) is 4.90 Å². The number of hydrogen-bond acceptors (Lipinski definition) is 5. The number of carbonyl (C=O) groups excluding carboxylic acids is 1. The number of carbonyl (C=O) groups is 1. The van der Waals surface area contributed by atoms with E-state index >= 15 is 0 Å². The summed E-state index contributed by atoms with van der Waals surface area (Å²) in [6.07, 6.45) is 0. The van der Waals surface area contributed by atoms with Gasteiger partial charge in [-0.25, -0.2) is 0 Å². The van der Waals surface area contributed by atoms with Gasteiger partial charge in [0.05, 0.1) is 7.11 Å². The zero-order valence-corrected chi connectivity index (χ0v) is 8.15. The molecule has 0 fully saturated rings. The summed E-state index contributed by atoms with van der Waals surface area (Å²) >= 11 is 0. The Hall–Kier alpha value is -1.56. The second-order valence-electron chi connectivity index (χ2n) is 2.33. The SMILES string of the molecule is COc1cccc(S(=O)(=O)OC=O)c1. The van der Waals surface area contributed by atoms with Gasteiger partial charge in [0.1, 0.15) is 10.6 Å². The van der Waals surface area contributed by atoms with Crippen LogP contribution < -0.4 is 4.74 Å². The second kappa shape index (κ2) is 4.10. The summed E-state index contributed by atoms with van der Waals surface area (Å²) in [5, 5.41) is 0. The Morgan fingerprint density at radius 1 is 1.36 bits per heavy atom. The minimum atomic E-state index is -3.99. The fraction of sp³-hybridized carbons (Fsp3) is 0.125. The van der Waals surface area contributed by atoms with E-state index < -0.39 is 10.1 Å². The molecule has 5 nitrogen and oxygen atoms in total. The molecule has 0 aliphatic rings. The van der Waals surface area contributed by atoms with Crippen LogP contribution in [0.3, 0.4) is 0 Å². The lowest BCUT2D eigenvalue weighted by atomic mass is 10.3. The smallest absolute Gasteiger partial charge is 0.341 e. The van der Waals surface area contributed by atoms with Crippen LogP contribution >= 0.6 is 0 Å². The summed E-state index contributed by atoms with van der Waals surface area (Å²) in [6.45, 7) is -0.130. The molecule has 0 bridgehead atoms. The maximum absolute atomic E-state index is 11.2. The molecule has 0 saturated carbocycles. The lowest BCUT2D eigenvalue weighted by Gasteiger charge is -2.03. The van der Waals surface area contributed by atoms with E-state index in [1.807, 2.05) is 0 Å². The van der Waals surface area contributed by atoms with E-state index in [2.05, 4.69) is 4.18 Å². The van der Waals surface area contributed by atoms with Crippen LogP contribution in [0.5, 0.6) is 5.75 Å². The quantitative estimate of drug-likeness (QED) is 0.543. The van der Waals surface area contributed by atoms with E-state index in [4.69, 9.17) is 4.74 Å². The van der Waals surface area contributed by atoms with Gasteiger partial charge in [0, 0.05) is 6.07 Å². The number of ether oxygens (including phenoxy) is 1. The number of methoxy groups -OCH3 is 1. The lowest BCUT2D eigenvalue weighted by Crippen LogP contribution is -2.04. The minimum absolute atomic E-state index is 0.121. The summed E-state index contributed by atoms with van der Waals surface area (Å²) in [7, 11) is -2.58. The van der Waals surface area contributed by atoms with E-state index in [-0.39, 0.29) is 11.4 Å². The van der Waals surface area contributed by atoms with Crippen molar-refractivity contribution in [3.05, 3.63) is 24.3 Å². The molecular weight excluding hydrogens is 208 g/mol. The number of hydrogen-bond donors (Lipinski definition) is 0. The van der Waals surface area contributed by atoms with Gasteiger partial charge >= 0.3 is 16.6 Å². The summed E-state index contributed by atoms with van der Waals surface area (Å²) < 4.78 is 31.2. The third-order valence-electron chi connectivity index (χ3n) is 1.50. The van der Waals surface area contributed by atoms with Crippen molar-refractivity contribution in [2.24, 2.45) is 0 Å². The van der Waals surface area contributed by atoms with Crippen molar-refractivity contribution in [1.29, 1.82) is 0 Å². The molecule has 0 aliphatic carbocycles. The van der Waals surface area contributed by atoms with Crippen molar-refractivity contribution in [1.82, 2.24) is 0 Å². The largest absolute Gasteiger partial charge is 0.497 e. The van der Waals surface area contributed by atoms with Crippen LogP contribution in [-0.2, 0) is 19.1 Å². The van der Waals surface area contributed by atoms with Crippen molar-refractivity contribution in [3.8, 4) is 5.75 Å². The Bertz CT molecular complexity index is 423. The summed E-state index contributed by atoms with van der Waals surface area (Å²) in [5.74, 6) is 0.376. The van der Waals surface area contributed by atoms with Crippen molar-refractivity contribution in [3.63, 3.8) is 0 Å². The zero-order chi connectivity index (χ0) is 10.6. The molecule has 0 radical (unpaired) electrons. The van der Waals surface area contributed by atoms with Gasteiger partial charge in [-0.05, 0) is 12.1 Å². The van der Waals surface area contributed by atoms with E-state index in [0.29, 0.717) is 5.75 Å². The van der Waals surface area contributed by atoms with E-state index in [0.717, 1.165) is 0 Å². The molecule has 0 amide bonds. The predicted molar refractivity (Wildman–Crippen MR) is 47.3 cm³/mol. The molecule has 0 atom stereocenters. The maximum Gasteiger partial charge on any atom is 0.341 e. The molecule has 6 heteroatoms. The fourth-order valence-corrected chi connectivity index (χ4v) is 1.58. The van der Waals surface area contributed by atoms with Crippen LogP contribution in [0.4, 0.5) is 0 Å². The van der Waals surface area contributed by atoms with Gasteiger partial charge < -0.3 is 8.92 Å². The Balaban J connectivity index is 3.12. The Kier molecular flexibility index (Phi) is 3.08. The highest BCUT2D eigenvalue weighted by atomic mass is 32.2. The Morgan fingerprint density at radius 3 is 2.64 bits per heavy atom. The van der Waals surface area contributed by atoms with Crippen molar-refractivity contribution >= 4 is 16.6 Å². The van der Waals surface area contributed by atoms with Crippen LogP contribution in [0, 0.1) is 0 Å². The standard InChI is InChI=1S/C8H8O5S/c1-12-7-3-2-4-8(5-7)14(10,11)13-6-9/h2-6H,1H3. The monoisotopic (exact) mass is 216 g/mol. The van der Waals surface area contributed by atoms with Crippen LogP contribution in [0.1, 0.15) is 0 Å². The van der Waals surface area contributed by atoms with E-state index in [9.17, 15) is 13.2 Å². The molecule has 0 heterocycles. The highest BCUT2D eigenvalue weighted by Gasteiger charge is 2.15. The average Bonchev–Trinajstić information content (AvgIpc) is 2.18. The first-order chi connectivity index (χ1) is 6.60. The molecule has 0 aromatic heterocycles. The van der Waals surface area contributed by atoms with Gasteiger partial charge in [0.25, 0.3) is 0 Å².